The molecule has 3 heteroatoms. The molecule has 0 aliphatic rings. The highest BCUT2D eigenvalue weighted by Gasteiger charge is 2.19. The molecule has 3 heterocycles. The smallest absolute Gasteiger partial charge is 0.137 e. The third-order valence-electron chi connectivity index (χ3n) is 8.30. The molecule has 0 aliphatic heterocycles. The standard InChI is InChI=1S/C48H30N2O/c1-3-12-31(13-4-1)32-24-27-46-40(30-32)48-45(20-11-21-47(48)51-46)50-42-19-10-8-17-37(42)39-29-34(23-26-44(39)50)33-22-25-43-38(28-33)36-16-7-9-18-41(36)49(43)35-14-5-2-6-15-35/h1-30H/i1D,2D,3D,4D,5D,6D,7D,8D,9D,10D,11D,12D,13D,14D,15D,16D,17D,18D,19D,20D,21D,22D,23D,24D,25D,26D,27D,28D,29D,30D. The second-order valence-electron chi connectivity index (χ2n) is 11.0. The van der Waals surface area contributed by atoms with Crippen molar-refractivity contribution in [3.05, 3.63) is 181 Å². The summed E-state index contributed by atoms with van der Waals surface area (Å²) in [5.41, 5.74) is -8.60. The Morgan fingerprint density at radius 3 is 1.59 bits per heavy atom. The van der Waals surface area contributed by atoms with Gasteiger partial charge in [0.25, 0.3) is 0 Å². The van der Waals surface area contributed by atoms with E-state index in [4.69, 9.17) is 31.8 Å². The molecule has 0 aliphatic carbocycles. The number of furan rings is 1. The molecular formula is C48H30N2O. The lowest BCUT2D eigenvalue weighted by Crippen LogP contribution is -1.94. The lowest BCUT2D eigenvalue weighted by molar-refractivity contribution is 0.669. The predicted octanol–water partition coefficient (Wildman–Crippen LogP) is 13.1. The van der Waals surface area contributed by atoms with Crippen LogP contribution < -0.4 is 0 Å². The van der Waals surface area contributed by atoms with Crippen LogP contribution in [0.25, 0.3) is 99.2 Å². The van der Waals surface area contributed by atoms with Gasteiger partial charge in [-0.1, -0.05) is 109 Å². The number of aromatic nitrogens is 2. The normalized spacial score (nSPS) is 20.2. The maximum Gasteiger partial charge on any atom is 0.137 e. The minimum atomic E-state index is -1.08. The quantitative estimate of drug-likeness (QED) is 0.181. The van der Waals surface area contributed by atoms with Crippen molar-refractivity contribution >= 4 is 65.6 Å². The molecule has 0 bridgehead atoms. The van der Waals surface area contributed by atoms with E-state index in [9.17, 15) is 13.7 Å². The van der Waals surface area contributed by atoms with Gasteiger partial charge in [-0.3, -0.25) is 0 Å². The largest absolute Gasteiger partial charge is 0.456 e. The fourth-order valence-electron chi connectivity index (χ4n) is 6.19. The summed E-state index contributed by atoms with van der Waals surface area (Å²) in [5.74, 6) is 0. The Hall–Kier alpha value is -6.84. The summed E-state index contributed by atoms with van der Waals surface area (Å²) in [7, 11) is 0. The highest BCUT2D eigenvalue weighted by Crippen LogP contribution is 2.41. The van der Waals surface area contributed by atoms with Crippen LogP contribution in [-0.4, -0.2) is 9.13 Å². The number of hydrogen-bond donors (Lipinski definition) is 0. The van der Waals surface area contributed by atoms with Gasteiger partial charge in [0.05, 0.1) is 74.3 Å². The molecule has 11 aromatic rings. The molecule has 11 rings (SSSR count). The molecule has 51 heavy (non-hydrogen) atoms. The Morgan fingerprint density at radius 1 is 0.353 bits per heavy atom. The fourth-order valence-corrected chi connectivity index (χ4v) is 6.19. The van der Waals surface area contributed by atoms with Crippen LogP contribution in [0, 0.1) is 0 Å². The van der Waals surface area contributed by atoms with Crippen molar-refractivity contribution in [3.63, 3.8) is 0 Å². The topological polar surface area (TPSA) is 23.0 Å². The molecular weight excluding hydrogens is 621 g/mol. The van der Waals surface area contributed by atoms with Crippen molar-refractivity contribution in [1.82, 2.24) is 9.13 Å². The first-order valence-electron chi connectivity index (χ1n) is 30.0. The van der Waals surface area contributed by atoms with Crippen molar-refractivity contribution in [1.29, 1.82) is 0 Å². The van der Waals surface area contributed by atoms with E-state index in [0.717, 1.165) is 9.13 Å². The maximum atomic E-state index is 9.97. The molecule has 0 unspecified atom stereocenters. The van der Waals surface area contributed by atoms with E-state index < -0.39 is 280 Å². The Balaban J connectivity index is 1.35. The van der Waals surface area contributed by atoms with Crippen LogP contribution in [0.3, 0.4) is 0 Å². The van der Waals surface area contributed by atoms with E-state index in [1.165, 1.54) is 0 Å². The van der Waals surface area contributed by atoms with Gasteiger partial charge in [0, 0.05) is 32.6 Å². The lowest BCUT2D eigenvalue weighted by Gasteiger charge is -2.11. The summed E-state index contributed by atoms with van der Waals surface area (Å²) in [6, 6.07) is -27.7. The van der Waals surface area contributed by atoms with Gasteiger partial charge in [-0.15, -0.1) is 0 Å². The van der Waals surface area contributed by atoms with Crippen molar-refractivity contribution in [2.45, 2.75) is 0 Å². The first-order valence-corrected chi connectivity index (χ1v) is 15.0. The van der Waals surface area contributed by atoms with Crippen LogP contribution >= 0.6 is 0 Å². The fraction of sp³-hybridized carbons (Fsp3) is 0. The molecule has 3 nitrogen and oxygen atoms in total. The minimum Gasteiger partial charge on any atom is -0.456 e. The number of para-hydroxylation sites is 3. The Morgan fingerprint density at radius 2 is 0.882 bits per heavy atom. The summed E-state index contributed by atoms with van der Waals surface area (Å²) in [4.78, 5) is 0. The SMILES string of the molecule is [2H]c1c([2H])c([2H])c(-c2c([2H])c([2H])c3oc4c([2H])c([2H])c([2H])c(-n5c6c([2H])c([2H])c([2H])c([2H])c6c6c([2H])c(-c7c([2H])c([2H])c8c(c7[2H])c7c([2H])c([2H])c([2H])c([2H])c7n8-c7c([2H])c([2H])c([2H])c([2H])c7[2H])c([2H])c([2H])c65)c4c3c2[2H])c([2H])c1[2H]. The average molecular weight is 681 g/mol. The van der Waals surface area contributed by atoms with E-state index in [1.807, 2.05) is 0 Å². The van der Waals surface area contributed by atoms with Crippen LogP contribution in [-0.2, 0) is 0 Å². The van der Waals surface area contributed by atoms with Crippen molar-refractivity contribution in [2.75, 3.05) is 0 Å². The number of rotatable bonds is 4. The van der Waals surface area contributed by atoms with Gasteiger partial charge in [0.1, 0.15) is 11.2 Å². The third kappa shape index (κ3) is 4.19. The zero-order valence-electron chi connectivity index (χ0n) is 55.3. The molecule has 0 spiro atoms. The lowest BCUT2D eigenvalue weighted by atomic mass is 10.0. The number of nitrogens with zero attached hydrogens (tertiary/aromatic N) is 2. The molecule has 3 aromatic heterocycles. The van der Waals surface area contributed by atoms with E-state index in [-0.39, 0.29) is 0 Å². The molecule has 0 N–H and O–H groups in total. The Labute approximate surface area is 336 Å². The summed E-state index contributed by atoms with van der Waals surface area (Å²) >= 11 is 0. The molecule has 0 amide bonds. The van der Waals surface area contributed by atoms with Gasteiger partial charge >= 0.3 is 0 Å². The summed E-state index contributed by atoms with van der Waals surface area (Å²) in [6.07, 6.45) is 0. The molecule has 238 valence electrons. The van der Waals surface area contributed by atoms with Gasteiger partial charge in [-0.25, -0.2) is 0 Å². The predicted molar refractivity (Wildman–Crippen MR) is 213 cm³/mol. The zero-order chi connectivity index (χ0) is 59.6. The average Bonchev–Trinajstić information content (AvgIpc) is 3.86. The molecule has 0 saturated carbocycles. The van der Waals surface area contributed by atoms with Crippen LogP contribution in [0.5, 0.6) is 0 Å². The monoisotopic (exact) mass is 680 g/mol. The van der Waals surface area contributed by atoms with Gasteiger partial charge in [-0.05, 0) is 94.8 Å². The van der Waals surface area contributed by atoms with Crippen LogP contribution in [0.2, 0.25) is 0 Å². The van der Waals surface area contributed by atoms with Crippen molar-refractivity contribution in [3.8, 4) is 33.6 Å². The van der Waals surface area contributed by atoms with E-state index in [1.54, 1.807) is 0 Å². The molecule has 0 radical (unpaired) electrons. The zero-order valence-corrected chi connectivity index (χ0v) is 25.3. The summed E-state index contributed by atoms with van der Waals surface area (Å²) in [5, 5.41) is -3.64. The number of hydrogen-bond acceptors (Lipinski definition) is 1. The summed E-state index contributed by atoms with van der Waals surface area (Å²) in [6.45, 7) is 0. The highest BCUT2D eigenvalue weighted by atomic mass is 16.3. The van der Waals surface area contributed by atoms with E-state index in [2.05, 4.69) is 0 Å². The van der Waals surface area contributed by atoms with E-state index in [0.29, 0.717) is 0 Å². The molecule has 0 atom stereocenters. The molecule has 0 saturated heterocycles. The van der Waals surface area contributed by atoms with Crippen molar-refractivity contribution in [2.24, 2.45) is 0 Å². The Kier molecular flexibility index (Phi) is 2.47. The highest BCUT2D eigenvalue weighted by molar-refractivity contribution is 6.16. The first kappa shape index (κ1) is 11.6. The van der Waals surface area contributed by atoms with Gasteiger partial charge < -0.3 is 13.6 Å². The number of benzene rings is 8. The Bertz CT molecular complexity index is 4820. The van der Waals surface area contributed by atoms with Crippen LogP contribution in [0.4, 0.5) is 0 Å². The van der Waals surface area contributed by atoms with Gasteiger partial charge in [0.15, 0.2) is 0 Å². The minimum absolute atomic E-state index is 0.571. The second-order valence-corrected chi connectivity index (χ2v) is 11.0. The summed E-state index contributed by atoms with van der Waals surface area (Å²) < 4.78 is 277. The van der Waals surface area contributed by atoms with E-state index >= 15 is 0 Å². The maximum absolute atomic E-state index is 9.97. The van der Waals surface area contributed by atoms with Gasteiger partial charge in [0.2, 0.25) is 0 Å². The van der Waals surface area contributed by atoms with Crippen LogP contribution in [0.15, 0.2) is 186 Å². The molecule has 0 fully saturated rings. The third-order valence-corrected chi connectivity index (χ3v) is 8.30. The second kappa shape index (κ2) is 10.8. The first-order chi connectivity index (χ1) is 37.8. The van der Waals surface area contributed by atoms with Crippen LogP contribution in [0.1, 0.15) is 41.1 Å². The number of fused-ring (bicyclic) bond motifs is 9. The van der Waals surface area contributed by atoms with Gasteiger partial charge in [-0.2, -0.15) is 0 Å². The van der Waals surface area contributed by atoms with Crippen molar-refractivity contribution < 1.29 is 45.5 Å². The molecule has 8 aromatic carbocycles.